The summed E-state index contributed by atoms with van der Waals surface area (Å²) in [5.41, 5.74) is 1.26. The fraction of sp³-hybridized carbons (Fsp3) is 0.629. The molecule has 0 aromatic carbocycles. The summed E-state index contributed by atoms with van der Waals surface area (Å²) in [6.07, 6.45) is 11.2. The van der Waals surface area contributed by atoms with E-state index in [0.29, 0.717) is 48.3 Å². The smallest absolute Gasteiger partial charge is 0.276 e. The van der Waals surface area contributed by atoms with Gasteiger partial charge < -0.3 is 15.3 Å². The number of carbonyl (C=O) groups is 3. The largest absolute Gasteiger partial charge is 0.506 e. The Hall–Kier alpha value is -3.49. The number of aliphatic hydroxyl groups is 1. The highest BCUT2D eigenvalue weighted by Crippen LogP contribution is 2.43. The average Bonchev–Trinajstić information content (AvgIpc) is 3.63. The number of aliphatic hydroxyl groups excluding tert-OH is 1. The van der Waals surface area contributed by atoms with Gasteiger partial charge in [-0.2, -0.15) is 5.10 Å². The lowest BCUT2D eigenvalue weighted by Crippen LogP contribution is -2.32. The zero-order valence-corrected chi connectivity index (χ0v) is 27.4. The first kappa shape index (κ1) is 33.4. The predicted molar refractivity (Wildman–Crippen MR) is 177 cm³/mol. The van der Waals surface area contributed by atoms with Crippen molar-refractivity contribution < 1.29 is 19.5 Å². The Bertz CT molecular complexity index is 1320. The van der Waals surface area contributed by atoms with E-state index < -0.39 is 5.78 Å². The van der Waals surface area contributed by atoms with Crippen molar-refractivity contribution in [1.29, 1.82) is 0 Å². The molecule has 44 heavy (non-hydrogen) atoms. The maximum atomic E-state index is 13.8. The highest BCUT2D eigenvalue weighted by atomic mass is 16.3. The quantitative estimate of drug-likeness (QED) is 0.193. The number of rotatable bonds is 16. The van der Waals surface area contributed by atoms with Crippen LogP contribution in [0.2, 0.25) is 0 Å². The van der Waals surface area contributed by atoms with Crippen molar-refractivity contribution in [3.63, 3.8) is 0 Å². The first-order valence-electron chi connectivity index (χ1n) is 17.0. The van der Waals surface area contributed by atoms with Crippen LogP contribution in [0.1, 0.15) is 117 Å². The van der Waals surface area contributed by atoms with Crippen LogP contribution in [-0.4, -0.2) is 58.0 Å². The summed E-state index contributed by atoms with van der Waals surface area (Å²) in [5.74, 6) is 0.510. The third-order valence-corrected chi connectivity index (χ3v) is 9.34. The zero-order chi connectivity index (χ0) is 31.8. The van der Waals surface area contributed by atoms with Crippen LogP contribution >= 0.6 is 0 Å². The van der Waals surface area contributed by atoms with Gasteiger partial charge in [-0.3, -0.25) is 14.4 Å². The highest BCUT2D eigenvalue weighted by molar-refractivity contribution is 6.44. The molecule has 1 unspecified atom stereocenters. The molecule has 0 radical (unpaired) electrons. The molecule has 2 aliphatic carbocycles. The van der Waals surface area contributed by atoms with E-state index in [-0.39, 0.29) is 40.1 Å². The van der Waals surface area contributed by atoms with Gasteiger partial charge in [0.25, 0.3) is 5.91 Å². The molecule has 9 heteroatoms. The number of Topliss-reactive ketones (excluding diaryl/α,β-unsaturated/α-hetero) is 1. The zero-order valence-electron chi connectivity index (χ0n) is 27.4. The predicted octanol–water partition coefficient (Wildman–Crippen LogP) is 7.20. The monoisotopic (exact) mass is 605 g/mol. The Balaban J connectivity index is 1.70. The molecule has 3 aliphatic rings. The van der Waals surface area contributed by atoms with Gasteiger partial charge in [0, 0.05) is 31.6 Å². The van der Waals surface area contributed by atoms with E-state index in [0.717, 1.165) is 77.3 Å². The lowest BCUT2D eigenvalue weighted by atomic mass is 9.79. The van der Waals surface area contributed by atoms with Crippen LogP contribution in [0.15, 0.2) is 34.1 Å². The molecule has 4 rings (SSSR count). The second kappa shape index (κ2) is 15.5. The summed E-state index contributed by atoms with van der Waals surface area (Å²) >= 11 is 0. The Labute approximate surface area is 262 Å². The van der Waals surface area contributed by atoms with Crippen LogP contribution < -0.4 is 10.2 Å². The van der Waals surface area contributed by atoms with Crippen molar-refractivity contribution in [2.24, 2.45) is 16.9 Å². The number of amides is 2. The van der Waals surface area contributed by atoms with Gasteiger partial charge in [0.05, 0.1) is 22.4 Å². The fourth-order valence-corrected chi connectivity index (χ4v) is 6.56. The molecular formula is C35H51N5O4. The normalized spacial score (nSPS) is 19.5. The maximum absolute atomic E-state index is 13.8. The summed E-state index contributed by atoms with van der Waals surface area (Å²) in [6, 6.07) is 3.55. The Morgan fingerprint density at radius 3 is 2.34 bits per heavy atom. The van der Waals surface area contributed by atoms with E-state index in [1.165, 1.54) is 5.01 Å². The number of ketones is 1. The third-order valence-electron chi connectivity index (χ3n) is 9.34. The lowest BCUT2D eigenvalue weighted by molar-refractivity contribution is -0.126. The molecule has 1 aromatic heterocycles. The minimum absolute atomic E-state index is 0.0278. The Kier molecular flexibility index (Phi) is 11.8. The number of anilines is 2. The SMILES string of the molecule is CCCCC1=NN(CC(CC)CCCC)C(=O)C1=C1C(=O)C(c2ccc(N(CC)CC)nc2NC(=O)CC2CCCC2)=C1O. The van der Waals surface area contributed by atoms with Gasteiger partial charge in [-0.25, -0.2) is 9.99 Å². The van der Waals surface area contributed by atoms with Crippen molar-refractivity contribution in [3.05, 3.63) is 34.6 Å². The molecule has 9 nitrogen and oxygen atoms in total. The molecule has 0 spiro atoms. The highest BCUT2D eigenvalue weighted by Gasteiger charge is 2.44. The molecule has 1 saturated carbocycles. The molecule has 2 heterocycles. The van der Waals surface area contributed by atoms with Gasteiger partial charge in [-0.15, -0.1) is 0 Å². The maximum Gasteiger partial charge on any atom is 0.276 e. The number of pyridine rings is 1. The number of carbonyl (C=O) groups excluding carboxylic acids is 3. The number of nitrogens with zero attached hydrogens (tertiary/aromatic N) is 4. The van der Waals surface area contributed by atoms with Crippen molar-refractivity contribution in [3.8, 4) is 0 Å². The van der Waals surface area contributed by atoms with Gasteiger partial charge in [0.15, 0.2) is 0 Å². The van der Waals surface area contributed by atoms with Gasteiger partial charge in [-0.05, 0) is 69.9 Å². The van der Waals surface area contributed by atoms with Crippen molar-refractivity contribution in [2.75, 3.05) is 29.9 Å². The second-order valence-electron chi connectivity index (χ2n) is 12.4. The Morgan fingerprint density at radius 1 is 1.02 bits per heavy atom. The van der Waals surface area contributed by atoms with Gasteiger partial charge in [0.1, 0.15) is 17.4 Å². The number of hydrogen-bond acceptors (Lipinski definition) is 7. The minimum Gasteiger partial charge on any atom is -0.506 e. The molecule has 2 amide bonds. The summed E-state index contributed by atoms with van der Waals surface area (Å²) in [7, 11) is 0. The van der Waals surface area contributed by atoms with Gasteiger partial charge in [0.2, 0.25) is 11.7 Å². The number of unbranched alkanes of at least 4 members (excludes halogenated alkanes) is 2. The number of nitrogens with one attached hydrogen (secondary N) is 1. The van der Waals surface area contributed by atoms with Gasteiger partial charge >= 0.3 is 0 Å². The molecule has 1 aromatic rings. The summed E-state index contributed by atoms with van der Waals surface area (Å²) in [6.45, 7) is 12.4. The second-order valence-corrected chi connectivity index (χ2v) is 12.4. The topological polar surface area (TPSA) is 115 Å². The molecular weight excluding hydrogens is 554 g/mol. The Morgan fingerprint density at radius 2 is 1.73 bits per heavy atom. The number of hydrogen-bond donors (Lipinski definition) is 2. The van der Waals surface area contributed by atoms with E-state index in [1.807, 2.05) is 19.9 Å². The molecule has 0 saturated heterocycles. The minimum atomic E-state index is -0.418. The lowest BCUT2D eigenvalue weighted by Gasteiger charge is -2.26. The summed E-state index contributed by atoms with van der Waals surface area (Å²) in [4.78, 5) is 47.5. The molecule has 1 aliphatic heterocycles. The van der Waals surface area contributed by atoms with Crippen molar-refractivity contribution in [1.82, 2.24) is 9.99 Å². The summed E-state index contributed by atoms with van der Waals surface area (Å²) in [5, 5.41) is 20.6. The number of hydrazone groups is 1. The fourth-order valence-electron chi connectivity index (χ4n) is 6.56. The average molecular weight is 606 g/mol. The molecule has 2 N–H and O–H groups in total. The molecule has 240 valence electrons. The first-order chi connectivity index (χ1) is 21.3. The molecule has 1 fully saturated rings. The molecule has 0 bridgehead atoms. The van der Waals surface area contributed by atoms with Crippen LogP contribution in [0.3, 0.4) is 0 Å². The van der Waals surface area contributed by atoms with Crippen molar-refractivity contribution in [2.45, 2.75) is 112 Å². The number of aromatic nitrogens is 1. The first-order valence-corrected chi connectivity index (χ1v) is 17.0. The van der Waals surface area contributed by atoms with Crippen LogP contribution in [-0.2, 0) is 14.4 Å². The van der Waals surface area contributed by atoms with E-state index in [1.54, 1.807) is 6.07 Å². The third kappa shape index (κ3) is 7.24. The van der Waals surface area contributed by atoms with Gasteiger partial charge in [-0.1, -0.05) is 59.3 Å². The van der Waals surface area contributed by atoms with Crippen LogP contribution in [0, 0.1) is 11.8 Å². The van der Waals surface area contributed by atoms with E-state index in [4.69, 9.17) is 10.1 Å². The number of allylic oxidation sites excluding steroid dienone is 2. The van der Waals surface area contributed by atoms with E-state index in [9.17, 15) is 19.5 Å². The summed E-state index contributed by atoms with van der Waals surface area (Å²) < 4.78 is 0. The van der Waals surface area contributed by atoms with Crippen molar-refractivity contribution >= 4 is 40.5 Å². The van der Waals surface area contributed by atoms with Crippen LogP contribution in [0.5, 0.6) is 0 Å². The standard InChI is InChI=1S/C35H51N5O4/c1-6-11-15-23(8-3)22-40-35(44)30(26(38-40)18-12-7-2)31-32(42)29(33(31)43)25-19-20-27(39(9-4)10-5)36-34(25)37-28(41)21-24-16-13-14-17-24/h19-20,23-24,42H,6-18,21-22H2,1-5H3,(H,36,37,41). The van der Waals surface area contributed by atoms with E-state index >= 15 is 0 Å². The van der Waals surface area contributed by atoms with Crippen LogP contribution in [0.25, 0.3) is 5.57 Å². The molecule has 1 atom stereocenters. The van der Waals surface area contributed by atoms with Crippen LogP contribution in [0.4, 0.5) is 11.6 Å². The van der Waals surface area contributed by atoms with E-state index in [2.05, 4.69) is 31.0 Å².